The molecule has 0 saturated carbocycles. The molecule has 0 bridgehead atoms. The van der Waals surface area contributed by atoms with Crippen LogP contribution in [0.3, 0.4) is 0 Å². The molecule has 0 radical (unpaired) electrons. The van der Waals surface area contributed by atoms with Crippen LogP contribution in [-0.4, -0.2) is 11.1 Å². The van der Waals surface area contributed by atoms with Gasteiger partial charge in [-0.05, 0) is 60.9 Å². The highest BCUT2D eigenvalue weighted by atomic mass is 16.5. The number of carbonyl (C=O) groups is 1. The number of rotatable bonds is 4. The molecular formula is C18H15NO3. The maximum atomic E-state index is 10.8. The van der Waals surface area contributed by atoms with Gasteiger partial charge in [0.25, 0.3) is 0 Å². The number of nitrogens with zero attached hydrogens (tertiary/aromatic N) is 1. The second-order valence-corrected chi connectivity index (χ2v) is 4.89. The van der Waals surface area contributed by atoms with E-state index >= 15 is 0 Å². The Balaban J connectivity index is 2.17. The second kappa shape index (κ2) is 6.59. The summed E-state index contributed by atoms with van der Waals surface area (Å²) in [5, 5.41) is 17.5. The molecule has 0 heterocycles. The van der Waals surface area contributed by atoms with Crippen molar-refractivity contribution in [1.29, 1.82) is 5.26 Å². The van der Waals surface area contributed by atoms with Gasteiger partial charge < -0.3 is 9.84 Å². The van der Waals surface area contributed by atoms with Crippen LogP contribution < -0.4 is 4.74 Å². The van der Waals surface area contributed by atoms with Gasteiger partial charge in [-0.2, -0.15) is 5.26 Å². The Kier molecular flexibility index (Phi) is 4.60. The van der Waals surface area contributed by atoms with Crippen molar-refractivity contribution in [3.8, 4) is 17.6 Å². The molecule has 0 saturated heterocycles. The highest BCUT2D eigenvalue weighted by Crippen LogP contribution is 2.24. The summed E-state index contributed by atoms with van der Waals surface area (Å²) in [6.07, 6.45) is 1.32. The summed E-state index contributed by atoms with van der Waals surface area (Å²) in [6, 6.07) is 14.4. The fourth-order valence-corrected chi connectivity index (χ4v) is 1.85. The minimum atomic E-state index is -1.24. The van der Waals surface area contributed by atoms with Crippen LogP contribution in [0, 0.1) is 25.2 Å². The third kappa shape index (κ3) is 3.74. The van der Waals surface area contributed by atoms with Crippen LogP contribution in [-0.2, 0) is 4.79 Å². The number of aryl methyl sites for hydroxylation is 2. The molecule has 2 rings (SSSR count). The van der Waals surface area contributed by atoms with Crippen molar-refractivity contribution < 1.29 is 14.6 Å². The normalized spacial score (nSPS) is 10.9. The van der Waals surface area contributed by atoms with E-state index in [0.717, 1.165) is 11.3 Å². The molecule has 0 aliphatic carbocycles. The molecule has 0 aromatic heterocycles. The SMILES string of the molecule is Cc1ccc(Oc2ccc(C=C(C#N)C(=O)O)cc2)cc1C. The lowest BCUT2D eigenvalue weighted by Crippen LogP contribution is -1.97. The van der Waals surface area contributed by atoms with Crippen molar-refractivity contribution >= 4 is 12.0 Å². The standard InChI is InChI=1S/C18H15NO3/c1-12-3-6-17(9-13(12)2)22-16-7-4-14(5-8-16)10-15(11-19)18(20)21/h3-10H,1-2H3,(H,20,21). The number of hydrogen-bond acceptors (Lipinski definition) is 3. The zero-order valence-electron chi connectivity index (χ0n) is 12.3. The molecule has 4 heteroatoms. The quantitative estimate of drug-likeness (QED) is 0.681. The molecule has 0 amide bonds. The van der Waals surface area contributed by atoms with E-state index in [2.05, 4.69) is 0 Å². The van der Waals surface area contributed by atoms with Gasteiger partial charge in [0, 0.05) is 0 Å². The first kappa shape index (κ1) is 15.3. The van der Waals surface area contributed by atoms with E-state index in [4.69, 9.17) is 15.1 Å². The van der Waals surface area contributed by atoms with E-state index in [1.165, 1.54) is 11.6 Å². The van der Waals surface area contributed by atoms with Gasteiger partial charge in [-0.3, -0.25) is 0 Å². The van der Waals surface area contributed by atoms with Crippen molar-refractivity contribution in [1.82, 2.24) is 0 Å². The van der Waals surface area contributed by atoms with Crippen LogP contribution in [0.4, 0.5) is 0 Å². The lowest BCUT2D eigenvalue weighted by Gasteiger charge is -2.08. The Morgan fingerprint density at radius 3 is 2.27 bits per heavy atom. The first-order chi connectivity index (χ1) is 10.5. The number of nitriles is 1. The van der Waals surface area contributed by atoms with E-state index in [9.17, 15) is 4.79 Å². The molecule has 1 N–H and O–H groups in total. The average molecular weight is 293 g/mol. The fraction of sp³-hybridized carbons (Fsp3) is 0.111. The number of benzene rings is 2. The van der Waals surface area contributed by atoms with Crippen LogP contribution in [0.15, 0.2) is 48.0 Å². The van der Waals surface area contributed by atoms with Crippen LogP contribution in [0.5, 0.6) is 11.5 Å². The highest BCUT2D eigenvalue weighted by Gasteiger charge is 2.05. The molecule has 2 aromatic carbocycles. The molecule has 4 nitrogen and oxygen atoms in total. The van der Waals surface area contributed by atoms with E-state index in [-0.39, 0.29) is 5.57 Å². The van der Waals surface area contributed by atoms with E-state index < -0.39 is 5.97 Å². The molecule has 0 unspecified atom stereocenters. The highest BCUT2D eigenvalue weighted by molar-refractivity contribution is 5.96. The Morgan fingerprint density at radius 1 is 1.09 bits per heavy atom. The summed E-state index contributed by atoms with van der Waals surface area (Å²) in [6.45, 7) is 4.06. The van der Waals surface area contributed by atoms with Crippen molar-refractivity contribution in [2.75, 3.05) is 0 Å². The third-order valence-corrected chi connectivity index (χ3v) is 3.26. The molecule has 0 spiro atoms. The summed E-state index contributed by atoms with van der Waals surface area (Å²) < 4.78 is 5.75. The second-order valence-electron chi connectivity index (χ2n) is 4.89. The van der Waals surface area contributed by atoms with Crippen LogP contribution in [0.2, 0.25) is 0 Å². The molecule has 110 valence electrons. The van der Waals surface area contributed by atoms with E-state index in [1.54, 1.807) is 30.3 Å². The Morgan fingerprint density at radius 2 is 1.73 bits per heavy atom. The number of aliphatic carboxylic acids is 1. The number of carboxylic acids is 1. The lowest BCUT2D eigenvalue weighted by atomic mass is 10.1. The largest absolute Gasteiger partial charge is 0.477 e. The van der Waals surface area contributed by atoms with Gasteiger partial charge in [-0.15, -0.1) is 0 Å². The maximum Gasteiger partial charge on any atom is 0.346 e. The zero-order valence-corrected chi connectivity index (χ0v) is 12.3. The summed E-state index contributed by atoms with van der Waals surface area (Å²) in [4.78, 5) is 10.8. The molecule has 0 aliphatic heterocycles. The maximum absolute atomic E-state index is 10.8. The van der Waals surface area contributed by atoms with E-state index in [0.29, 0.717) is 11.3 Å². The lowest BCUT2D eigenvalue weighted by molar-refractivity contribution is -0.132. The average Bonchev–Trinajstić information content (AvgIpc) is 2.50. The molecular weight excluding hydrogens is 278 g/mol. The first-order valence-electron chi connectivity index (χ1n) is 6.70. The Hall–Kier alpha value is -3.06. The van der Waals surface area contributed by atoms with Crippen molar-refractivity contribution in [2.45, 2.75) is 13.8 Å². The Labute approximate surface area is 128 Å². The Bertz CT molecular complexity index is 768. The number of ether oxygens (including phenoxy) is 1. The molecule has 2 aromatic rings. The molecule has 0 fully saturated rings. The van der Waals surface area contributed by atoms with Gasteiger partial charge in [-0.1, -0.05) is 18.2 Å². The summed E-state index contributed by atoms with van der Waals surface area (Å²) >= 11 is 0. The van der Waals surface area contributed by atoms with Crippen molar-refractivity contribution in [3.05, 3.63) is 64.7 Å². The smallest absolute Gasteiger partial charge is 0.346 e. The molecule has 22 heavy (non-hydrogen) atoms. The first-order valence-corrected chi connectivity index (χ1v) is 6.70. The van der Waals surface area contributed by atoms with Gasteiger partial charge in [-0.25, -0.2) is 4.79 Å². The fourth-order valence-electron chi connectivity index (χ4n) is 1.85. The number of carboxylic acid groups (broad SMARTS) is 1. The minimum Gasteiger partial charge on any atom is -0.477 e. The van der Waals surface area contributed by atoms with Crippen LogP contribution >= 0.6 is 0 Å². The topological polar surface area (TPSA) is 70.3 Å². The zero-order chi connectivity index (χ0) is 16.1. The van der Waals surface area contributed by atoms with Gasteiger partial charge in [0.15, 0.2) is 0 Å². The van der Waals surface area contributed by atoms with Gasteiger partial charge in [0.1, 0.15) is 23.1 Å². The van der Waals surface area contributed by atoms with Gasteiger partial charge in [0.2, 0.25) is 0 Å². The van der Waals surface area contributed by atoms with Crippen LogP contribution in [0.25, 0.3) is 6.08 Å². The third-order valence-electron chi connectivity index (χ3n) is 3.26. The van der Waals surface area contributed by atoms with Crippen molar-refractivity contribution in [2.24, 2.45) is 0 Å². The predicted octanol–water partition coefficient (Wildman–Crippen LogP) is 4.09. The van der Waals surface area contributed by atoms with Crippen LogP contribution in [0.1, 0.15) is 16.7 Å². The molecule has 0 atom stereocenters. The van der Waals surface area contributed by atoms with E-state index in [1.807, 2.05) is 32.0 Å². The summed E-state index contributed by atoms with van der Waals surface area (Å²) in [7, 11) is 0. The van der Waals surface area contributed by atoms with Gasteiger partial charge in [0.05, 0.1) is 0 Å². The summed E-state index contributed by atoms with van der Waals surface area (Å²) in [5.74, 6) is 0.154. The number of hydrogen-bond donors (Lipinski definition) is 1. The monoisotopic (exact) mass is 293 g/mol. The van der Waals surface area contributed by atoms with Gasteiger partial charge >= 0.3 is 5.97 Å². The molecule has 0 aliphatic rings. The summed E-state index contributed by atoms with van der Waals surface area (Å²) in [5.41, 5.74) is 2.68. The minimum absolute atomic E-state index is 0.303. The predicted molar refractivity (Wildman–Crippen MR) is 83.7 cm³/mol. The van der Waals surface area contributed by atoms with Crippen molar-refractivity contribution in [3.63, 3.8) is 0 Å².